The highest BCUT2D eigenvalue weighted by molar-refractivity contribution is 7.91. The van der Waals surface area contributed by atoms with E-state index >= 15 is 0 Å². The minimum Gasteiger partial charge on any atom is -0.431 e. The number of rotatable bonds is 6. The molecule has 0 radical (unpaired) electrons. The summed E-state index contributed by atoms with van der Waals surface area (Å²) in [7, 11) is -3.60. The van der Waals surface area contributed by atoms with Crippen molar-refractivity contribution in [1.29, 1.82) is 0 Å². The lowest BCUT2D eigenvalue weighted by molar-refractivity contribution is 0.219. The first-order chi connectivity index (χ1) is 15.6. The van der Waals surface area contributed by atoms with Crippen LogP contribution in [-0.2, 0) is 9.84 Å². The monoisotopic (exact) mass is 465 g/mol. The van der Waals surface area contributed by atoms with Gasteiger partial charge in [0.1, 0.15) is 11.1 Å². The Morgan fingerprint density at radius 3 is 2.31 bits per heavy atom. The van der Waals surface area contributed by atoms with Gasteiger partial charge in [0, 0.05) is 26.2 Å². The van der Waals surface area contributed by atoms with E-state index in [-0.39, 0.29) is 0 Å². The third-order valence-electron chi connectivity index (χ3n) is 5.49. The Labute approximate surface area is 191 Å². The maximum Gasteiger partial charge on any atom is 0.279 e. The zero-order valence-corrected chi connectivity index (χ0v) is 19.0. The standard InChI is InChI=1S/C24H23N3O3S2/c28-32(29,20-6-2-1-3-7-20)23(27-16-14-25-15-17-27)18-10-12-19(13-11-18)30-24-26-21-8-4-5-9-22(21)31-24/h1-13,23,25H,14-17H2. The van der Waals surface area contributed by atoms with E-state index in [1.165, 1.54) is 11.3 Å². The van der Waals surface area contributed by atoms with E-state index in [4.69, 9.17) is 4.74 Å². The largest absolute Gasteiger partial charge is 0.431 e. The minimum absolute atomic E-state index is 0.332. The molecular formula is C24H23N3O3S2. The summed E-state index contributed by atoms with van der Waals surface area (Å²) >= 11 is 1.48. The van der Waals surface area contributed by atoms with E-state index in [0.717, 1.165) is 28.9 Å². The Morgan fingerprint density at radius 1 is 0.906 bits per heavy atom. The highest BCUT2D eigenvalue weighted by Gasteiger charge is 2.35. The number of nitrogens with zero attached hydrogens (tertiary/aromatic N) is 2. The number of aromatic nitrogens is 1. The van der Waals surface area contributed by atoms with Crippen LogP contribution in [-0.4, -0.2) is 44.5 Å². The van der Waals surface area contributed by atoms with Crippen LogP contribution in [0.5, 0.6) is 10.9 Å². The molecule has 32 heavy (non-hydrogen) atoms. The highest BCUT2D eigenvalue weighted by atomic mass is 32.2. The molecule has 4 aromatic rings. The molecule has 0 amide bonds. The van der Waals surface area contributed by atoms with Crippen molar-refractivity contribution in [2.45, 2.75) is 10.3 Å². The summed E-state index contributed by atoms with van der Waals surface area (Å²) in [4.78, 5) is 6.86. The van der Waals surface area contributed by atoms with Crippen LogP contribution in [0.4, 0.5) is 0 Å². The molecule has 0 saturated carbocycles. The molecule has 0 spiro atoms. The quantitative estimate of drug-likeness (QED) is 0.453. The molecule has 1 aromatic heterocycles. The molecule has 1 N–H and O–H groups in total. The van der Waals surface area contributed by atoms with Crippen LogP contribution >= 0.6 is 11.3 Å². The van der Waals surface area contributed by atoms with Crippen LogP contribution in [0.3, 0.4) is 0 Å². The number of nitrogens with one attached hydrogen (secondary N) is 1. The van der Waals surface area contributed by atoms with Gasteiger partial charge >= 0.3 is 0 Å². The first-order valence-corrected chi connectivity index (χ1v) is 12.8. The predicted molar refractivity (Wildman–Crippen MR) is 127 cm³/mol. The average molecular weight is 466 g/mol. The molecule has 0 bridgehead atoms. The number of hydrogen-bond donors (Lipinski definition) is 1. The van der Waals surface area contributed by atoms with E-state index < -0.39 is 15.2 Å². The molecule has 1 fully saturated rings. The zero-order chi connectivity index (χ0) is 22.0. The summed E-state index contributed by atoms with van der Waals surface area (Å²) in [6, 6.07) is 23.9. The SMILES string of the molecule is O=S(=O)(c1ccccc1)C(c1ccc(Oc2nc3ccccc3s2)cc1)N1CCNCC1. The Morgan fingerprint density at radius 2 is 1.59 bits per heavy atom. The van der Waals surface area contributed by atoms with Crippen LogP contribution < -0.4 is 10.1 Å². The minimum atomic E-state index is -3.60. The summed E-state index contributed by atoms with van der Waals surface area (Å²) < 4.78 is 34.2. The topological polar surface area (TPSA) is 71.5 Å². The van der Waals surface area contributed by atoms with Gasteiger partial charge in [0.25, 0.3) is 5.19 Å². The third-order valence-corrected chi connectivity index (χ3v) is 8.50. The van der Waals surface area contributed by atoms with E-state index in [1.807, 2.05) is 59.5 Å². The van der Waals surface area contributed by atoms with Crippen LogP contribution in [0.25, 0.3) is 10.2 Å². The molecule has 2 heterocycles. The van der Waals surface area contributed by atoms with Crippen molar-refractivity contribution >= 4 is 31.4 Å². The first-order valence-electron chi connectivity index (χ1n) is 10.5. The van der Waals surface area contributed by atoms with Crippen molar-refractivity contribution in [3.8, 4) is 10.9 Å². The van der Waals surface area contributed by atoms with Crippen LogP contribution in [0.15, 0.2) is 83.8 Å². The molecular weight excluding hydrogens is 442 g/mol. The van der Waals surface area contributed by atoms with Gasteiger partial charge in [0.15, 0.2) is 9.84 Å². The van der Waals surface area contributed by atoms with Crippen molar-refractivity contribution in [3.63, 3.8) is 0 Å². The van der Waals surface area contributed by atoms with Gasteiger partial charge in [-0.1, -0.05) is 53.8 Å². The Hall–Kier alpha value is -2.78. The summed E-state index contributed by atoms with van der Waals surface area (Å²) in [6.07, 6.45) is 0. The van der Waals surface area contributed by atoms with Gasteiger partial charge in [-0.25, -0.2) is 13.4 Å². The fraction of sp³-hybridized carbons (Fsp3) is 0.208. The Bertz CT molecular complexity index is 1270. The summed E-state index contributed by atoms with van der Waals surface area (Å²) in [5.74, 6) is 0.629. The molecule has 0 aliphatic carbocycles. The lowest BCUT2D eigenvalue weighted by Crippen LogP contribution is -2.47. The van der Waals surface area contributed by atoms with Crippen molar-refractivity contribution in [2.24, 2.45) is 0 Å². The molecule has 8 heteroatoms. The lowest BCUT2D eigenvalue weighted by atomic mass is 10.2. The van der Waals surface area contributed by atoms with Gasteiger partial charge in [-0.2, -0.15) is 0 Å². The highest BCUT2D eigenvalue weighted by Crippen LogP contribution is 2.35. The number of thiazole rings is 1. The molecule has 5 rings (SSSR count). The van der Waals surface area contributed by atoms with E-state index in [0.29, 0.717) is 28.9 Å². The number of sulfone groups is 1. The van der Waals surface area contributed by atoms with Crippen molar-refractivity contribution in [3.05, 3.63) is 84.4 Å². The first kappa shape index (κ1) is 21.1. The molecule has 1 aliphatic heterocycles. The van der Waals surface area contributed by atoms with Gasteiger partial charge in [-0.15, -0.1) is 0 Å². The fourth-order valence-electron chi connectivity index (χ4n) is 3.94. The second-order valence-corrected chi connectivity index (χ2v) is 10.6. The molecule has 6 nitrogen and oxygen atoms in total. The number of piperazine rings is 1. The summed E-state index contributed by atoms with van der Waals surface area (Å²) in [5, 5.41) is 3.11. The smallest absolute Gasteiger partial charge is 0.279 e. The zero-order valence-electron chi connectivity index (χ0n) is 17.3. The van der Waals surface area contributed by atoms with E-state index in [2.05, 4.69) is 10.3 Å². The number of ether oxygens (including phenoxy) is 1. The van der Waals surface area contributed by atoms with Crippen LogP contribution in [0, 0.1) is 0 Å². The summed E-state index contributed by atoms with van der Waals surface area (Å²) in [6.45, 7) is 2.86. The van der Waals surface area contributed by atoms with E-state index in [9.17, 15) is 8.42 Å². The van der Waals surface area contributed by atoms with Gasteiger partial charge in [0.05, 0.1) is 15.1 Å². The molecule has 1 unspecified atom stereocenters. The maximum absolute atomic E-state index is 13.6. The predicted octanol–water partition coefficient (Wildman–Crippen LogP) is 4.47. The second-order valence-electron chi connectivity index (χ2n) is 7.61. The van der Waals surface area contributed by atoms with E-state index in [1.54, 1.807) is 24.3 Å². The molecule has 1 atom stereocenters. The molecule has 164 valence electrons. The lowest BCUT2D eigenvalue weighted by Gasteiger charge is -2.34. The Balaban J connectivity index is 1.45. The van der Waals surface area contributed by atoms with Crippen LogP contribution in [0.2, 0.25) is 0 Å². The maximum atomic E-state index is 13.6. The molecule has 1 aliphatic rings. The number of benzene rings is 3. The molecule has 1 saturated heterocycles. The van der Waals surface area contributed by atoms with Crippen molar-refractivity contribution in [1.82, 2.24) is 15.2 Å². The summed E-state index contributed by atoms with van der Waals surface area (Å²) in [5.41, 5.74) is 1.63. The Kier molecular flexibility index (Phi) is 5.93. The van der Waals surface area contributed by atoms with Gasteiger partial charge < -0.3 is 10.1 Å². The third kappa shape index (κ3) is 4.27. The number of para-hydroxylation sites is 1. The number of fused-ring (bicyclic) bond motifs is 1. The second kappa shape index (κ2) is 8.99. The molecule has 3 aromatic carbocycles. The number of hydrogen-bond acceptors (Lipinski definition) is 7. The van der Waals surface area contributed by atoms with Crippen molar-refractivity contribution in [2.75, 3.05) is 26.2 Å². The van der Waals surface area contributed by atoms with Crippen molar-refractivity contribution < 1.29 is 13.2 Å². The van der Waals surface area contributed by atoms with Gasteiger partial charge in [-0.05, 0) is 42.0 Å². The normalized spacial score (nSPS) is 16.1. The fourth-order valence-corrected chi connectivity index (χ4v) is 6.69. The van der Waals surface area contributed by atoms with Crippen LogP contribution in [0.1, 0.15) is 10.9 Å². The van der Waals surface area contributed by atoms with Gasteiger partial charge in [-0.3, -0.25) is 4.90 Å². The average Bonchev–Trinajstić information content (AvgIpc) is 3.24. The van der Waals surface area contributed by atoms with Gasteiger partial charge in [0.2, 0.25) is 0 Å².